The Kier molecular flexibility index (Phi) is 4.51. The molecule has 9 heteroatoms. The Bertz CT molecular complexity index is 757. The molecule has 0 radical (unpaired) electrons. The van der Waals surface area contributed by atoms with E-state index in [1.54, 1.807) is 17.2 Å². The lowest BCUT2D eigenvalue weighted by Crippen LogP contribution is -2.45. The van der Waals surface area contributed by atoms with Crippen LogP contribution in [0.15, 0.2) is 30.3 Å². The predicted octanol–water partition coefficient (Wildman–Crippen LogP) is 2.56. The number of rotatable bonds is 2. The summed E-state index contributed by atoms with van der Waals surface area (Å²) in [6, 6.07) is 6.39. The van der Waals surface area contributed by atoms with Crippen molar-refractivity contribution in [1.82, 2.24) is 15.1 Å². The van der Waals surface area contributed by atoms with E-state index in [0.717, 1.165) is 5.56 Å². The summed E-state index contributed by atoms with van der Waals surface area (Å²) in [5.74, 6) is -1.33. The molecule has 0 bridgehead atoms. The number of aliphatic hydroxyl groups is 1. The van der Waals surface area contributed by atoms with Crippen molar-refractivity contribution < 1.29 is 27.5 Å². The molecule has 1 aliphatic rings. The molecule has 2 atom stereocenters. The molecular formula is C16H15F4N3O2. The Labute approximate surface area is 140 Å². The Morgan fingerprint density at radius 3 is 2.52 bits per heavy atom. The summed E-state index contributed by atoms with van der Waals surface area (Å²) in [5, 5.41) is 15.5. The number of amides is 1. The fourth-order valence-electron chi connectivity index (χ4n) is 2.95. The van der Waals surface area contributed by atoms with Gasteiger partial charge in [0.25, 0.3) is 5.91 Å². The number of hydrogen-bond acceptors (Lipinski definition) is 3. The second-order valence-electron chi connectivity index (χ2n) is 5.93. The van der Waals surface area contributed by atoms with Crippen molar-refractivity contribution in [1.29, 1.82) is 0 Å². The Hall–Kier alpha value is -2.42. The van der Waals surface area contributed by atoms with Crippen LogP contribution in [0.3, 0.4) is 0 Å². The molecule has 2 heterocycles. The number of nitrogens with zero attached hydrogens (tertiary/aromatic N) is 2. The van der Waals surface area contributed by atoms with Crippen LogP contribution in [0.1, 0.15) is 34.1 Å². The average Bonchev–Trinajstić information content (AvgIpc) is 3.05. The number of nitrogens with one attached hydrogen (secondary N) is 1. The zero-order valence-electron chi connectivity index (χ0n) is 12.9. The molecule has 1 saturated heterocycles. The maximum Gasteiger partial charge on any atom is 0.432 e. The van der Waals surface area contributed by atoms with Crippen molar-refractivity contribution in [3.8, 4) is 0 Å². The highest BCUT2D eigenvalue weighted by Gasteiger charge is 2.36. The number of halogens is 4. The van der Waals surface area contributed by atoms with E-state index in [-0.39, 0.29) is 30.5 Å². The highest BCUT2D eigenvalue weighted by atomic mass is 19.4. The van der Waals surface area contributed by atoms with Crippen molar-refractivity contribution >= 4 is 5.91 Å². The molecule has 0 spiro atoms. The third kappa shape index (κ3) is 3.65. The van der Waals surface area contributed by atoms with Gasteiger partial charge >= 0.3 is 6.18 Å². The van der Waals surface area contributed by atoms with Crippen LogP contribution in [0.2, 0.25) is 0 Å². The highest BCUT2D eigenvalue weighted by molar-refractivity contribution is 5.92. The molecule has 1 aromatic carbocycles. The van der Waals surface area contributed by atoms with Gasteiger partial charge in [0.1, 0.15) is 11.5 Å². The van der Waals surface area contributed by atoms with Crippen LogP contribution in [0.4, 0.5) is 17.6 Å². The molecule has 1 fully saturated rings. The van der Waals surface area contributed by atoms with E-state index in [9.17, 15) is 27.5 Å². The smallest absolute Gasteiger partial charge is 0.391 e. The summed E-state index contributed by atoms with van der Waals surface area (Å²) in [6.45, 7) is 0.223. The molecule has 3 rings (SSSR count). The van der Waals surface area contributed by atoms with Crippen LogP contribution in [0.25, 0.3) is 0 Å². The molecule has 0 aliphatic carbocycles. The Morgan fingerprint density at radius 1 is 1.28 bits per heavy atom. The van der Waals surface area contributed by atoms with Gasteiger partial charge in [0.15, 0.2) is 5.69 Å². The number of carbonyl (C=O) groups is 1. The first kappa shape index (κ1) is 17.4. The topological polar surface area (TPSA) is 69.2 Å². The third-order valence-corrected chi connectivity index (χ3v) is 4.27. The SMILES string of the molecule is O=C(c1cc(C(F)(F)F)[nH]n1)N1CC[C@@H](c2ccc(F)cc2)[C@H](O)C1. The zero-order valence-corrected chi connectivity index (χ0v) is 12.9. The van der Waals surface area contributed by atoms with Crippen molar-refractivity contribution in [2.75, 3.05) is 13.1 Å². The summed E-state index contributed by atoms with van der Waals surface area (Å²) in [4.78, 5) is 13.6. The van der Waals surface area contributed by atoms with Crippen LogP contribution in [0, 0.1) is 5.82 Å². The lowest BCUT2D eigenvalue weighted by atomic mass is 9.87. The van der Waals surface area contributed by atoms with Crippen LogP contribution in [-0.2, 0) is 6.18 Å². The monoisotopic (exact) mass is 357 g/mol. The molecule has 1 aromatic heterocycles. The van der Waals surface area contributed by atoms with Crippen molar-refractivity contribution in [2.24, 2.45) is 0 Å². The number of alkyl halides is 3. The van der Waals surface area contributed by atoms with Gasteiger partial charge in [-0.2, -0.15) is 18.3 Å². The summed E-state index contributed by atoms with van der Waals surface area (Å²) in [6.07, 6.45) is -5.10. The van der Waals surface area contributed by atoms with E-state index >= 15 is 0 Å². The van der Waals surface area contributed by atoms with Crippen LogP contribution in [-0.4, -0.2) is 45.3 Å². The van der Waals surface area contributed by atoms with Crippen molar-refractivity contribution in [3.05, 3.63) is 53.1 Å². The fourth-order valence-corrected chi connectivity index (χ4v) is 2.95. The molecule has 0 unspecified atom stereocenters. The van der Waals surface area contributed by atoms with Gasteiger partial charge in [-0.05, 0) is 24.1 Å². The molecule has 25 heavy (non-hydrogen) atoms. The van der Waals surface area contributed by atoms with Gasteiger partial charge in [-0.15, -0.1) is 0 Å². The van der Waals surface area contributed by atoms with Crippen LogP contribution < -0.4 is 0 Å². The third-order valence-electron chi connectivity index (χ3n) is 4.27. The maximum atomic E-state index is 13.0. The molecular weight excluding hydrogens is 342 g/mol. The molecule has 2 aromatic rings. The molecule has 0 saturated carbocycles. The number of aliphatic hydroxyl groups excluding tert-OH is 1. The number of aromatic amines is 1. The van der Waals surface area contributed by atoms with Gasteiger partial charge < -0.3 is 10.0 Å². The minimum Gasteiger partial charge on any atom is -0.391 e. The predicted molar refractivity (Wildman–Crippen MR) is 79.3 cm³/mol. The van der Waals surface area contributed by atoms with E-state index in [1.165, 1.54) is 17.0 Å². The second kappa shape index (κ2) is 6.47. The number of carbonyl (C=O) groups excluding carboxylic acids is 1. The number of hydrogen-bond donors (Lipinski definition) is 2. The van der Waals surface area contributed by atoms with Gasteiger partial charge in [0.05, 0.1) is 6.10 Å². The maximum absolute atomic E-state index is 13.0. The highest BCUT2D eigenvalue weighted by Crippen LogP contribution is 2.30. The standard InChI is InChI=1S/C16H15F4N3O2/c17-10-3-1-9(2-4-10)11-5-6-23(8-13(11)24)15(25)12-7-14(22-21-12)16(18,19)20/h1-4,7,11,13,24H,5-6,8H2,(H,21,22)/t11-,13+/m0/s1. The minimum atomic E-state index is -4.61. The summed E-state index contributed by atoms with van der Waals surface area (Å²) in [5.41, 5.74) is -0.697. The summed E-state index contributed by atoms with van der Waals surface area (Å²) >= 11 is 0. The Balaban J connectivity index is 1.69. The quantitative estimate of drug-likeness (QED) is 0.812. The number of benzene rings is 1. The number of aromatic nitrogens is 2. The number of β-amino-alcohol motifs (C(OH)–C–C–N with tert-alkyl or cyclic N) is 1. The van der Waals surface area contributed by atoms with Crippen LogP contribution in [0.5, 0.6) is 0 Å². The van der Waals surface area contributed by atoms with Gasteiger partial charge in [-0.3, -0.25) is 9.89 Å². The molecule has 1 aliphatic heterocycles. The lowest BCUT2D eigenvalue weighted by molar-refractivity contribution is -0.141. The number of H-pyrrole nitrogens is 1. The molecule has 2 N–H and O–H groups in total. The first-order valence-corrected chi connectivity index (χ1v) is 7.61. The van der Waals surface area contributed by atoms with Gasteiger partial charge in [0, 0.05) is 25.1 Å². The average molecular weight is 357 g/mol. The first-order valence-electron chi connectivity index (χ1n) is 7.61. The summed E-state index contributed by atoms with van der Waals surface area (Å²) in [7, 11) is 0. The zero-order chi connectivity index (χ0) is 18.2. The van der Waals surface area contributed by atoms with Gasteiger partial charge in [-0.1, -0.05) is 12.1 Å². The molecule has 1 amide bonds. The number of likely N-dealkylation sites (tertiary alicyclic amines) is 1. The fraction of sp³-hybridized carbons (Fsp3) is 0.375. The van der Waals surface area contributed by atoms with Crippen molar-refractivity contribution in [2.45, 2.75) is 24.6 Å². The Morgan fingerprint density at radius 2 is 1.96 bits per heavy atom. The number of piperidine rings is 1. The lowest BCUT2D eigenvalue weighted by Gasteiger charge is -2.35. The second-order valence-corrected chi connectivity index (χ2v) is 5.93. The summed E-state index contributed by atoms with van der Waals surface area (Å²) < 4.78 is 50.7. The molecule has 134 valence electrons. The van der Waals surface area contributed by atoms with Crippen molar-refractivity contribution in [3.63, 3.8) is 0 Å². The van der Waals surface area contributed by atoms with Gasteiger partial charge in [-0.25, -0.2) is 4.39 Å². The normalized spacial score (nSPS) is 21.4. The largest absolute Gasteiger partial charge is 0.432 e. The van der Waals surface area contributed by atoms with E-state index in [1.807, 2.05) is 0 Å². The minimum absolute atomic E-state index is 0.0327. The molecule has 5 nitrogen and oxygen atoms in total. The van der Waals surface area contributed by atoms with E-state index in [4.69, 9.17) is 0 Å². The first-order chi connectivity index (χ1) is 11.8. The van der Waals surface area contributed by atoms with Crippen LogP contribution >= 0.6 is 0 Å². The van der Waals surface area contributed by atoms with Gasteiger partial charge in [0.2, 0.25) is 0 Å². The van der Waals surface area contributed by atoms with E-state index in [0.29, 0.717) is 12.5 Å². The van der Waals surface area contributed by atoms with E-state index in [2.05, 4.69) is 5.10 Å². The van der Waals surface area contributed by atoms with E-state index < -0.39 is 23.9 Å².